The Morgan fingerprint density at radius 1 is 1.29 bits per heavy atom. The third-order valence-corrected chi connectivity index (χ3v) is 4.66. The van der Waals surface area contributed by atoms with Crippen LogP contribution in [0, 0.1) is 19.7 Å². The number of rotatable bonds is 4. The Labute approximate surface area is 164 Å². The molecule has 0 spiro atoms. The van der Waals surface area contributed by atoms with Crippen molar-refractivity contribution in [3.05, 3.63) is 76.1 Å². The first kappa shape index (κ1) is 18.2. The van der Waals surface area contributed by atoms with E-state index in [9.17, 15) is 9.18 Å². The molecule has 6 nitrogen and oxygen atoms in total. The highest BCUT2D eigenvalue weighted by molar-refractivity contribution is 6.33. The molecule has 0 amide bonds. The zero-order chi connectivity index (χ0) is 19.8. The Hall–Kier alpha value is -3.19. The minimum atomic E-state index is -0.693. The molecule has 142 valence electrons. The van der Waals surface area contributed by atoms with Crippen LogP contribution in [-0.2, 0) is 11.3 Å². The van der Waals surface area contributed by atoms with Crippen LogP contribution >= 0.6 is 11.6 Å². The number of aryl methyl sites for hydroxylation is 2. The van der Waals surface area contributed by atoms with Crippen molar-refractivity contribution in [1.29, 1.82) is 0 Å². The van der Waals surface area contributed by atoms with Gasteiger partial charge in [-0.25, -0.2) is 14.2 Å². The fraction of sp³-hybridized carbons (Fsp3) is 0.150. The number of benzene rings is 1. The largest absolute Gasteiger partial charge is 0.455 e. The van der Waals surface area contributed by atoms with Crippen molar-refractivity contribution in [1.82, 2.24) is 14.5 Å². The van der Waals surface area contributed by atoms with Gasteiger partial charge in [0.25, 0.3) is 0 Å². The molecule has 3 aromatic heterocycles. The third kappa shape index (κ3) is 3.14. The Balaban J connectivity index is 1.62. The number of imidazole rings is 1. The molecule has 0 saturated heterocycles. The van der Waals surface area contributed by atoms with E-state index in [4.69, 9.17) is 20.9 Å². The number of carbonyl (C=O) groups is 1. The molecule has 0 aliphatic carbocycles. The second-order valence-electron chi connectivity index (χ2n) is 6.29. The van der Waals surface area contributed by atoms with E-state index in [0.29, 0.717) is 5.69 Å². The van der Waals surface area contributed by atoms with Crippen molar-refractivity contribution in [3.8, 4) is 11.3 Å². The summed E-state index contributed by atoms with van der Waals surface area (Å²) < 4.78 is 26.6. The third-order valence-electron chi connectivity index (χ3n) is 4.35. The average molecular weight is 400 g/mol. The number of esters is 1. The van der Waals surface area contributed by atoms with Gasteiger partial charge in [0.2, 0.25) is 0 Å². The second-order valence-corrected chi connectivity index (χ2v) is 6.70. The van der Waals surface area contributed by atoms with E-state index in [1.807, 2.05) is 29.7 Å². The number of hydrogen-bond acceptors (Lipinski definition) is 5. The maximum Gasteiger partial charge on any atom is 0.344 e. The molecule has 0 aliphatic heterocycles. The van der Waals surface area contributed by atoms with Gasteiger partial charge in [-0.05, 0) is 37.6 Å². The van der Waals surface area contributed by atoms with Crippen LogP contribution in [0.5, 0.6) is 0 Å². The summed E-state index contributed by atoms with van der Waals surface area (Å²) in [6.45, 7) is 3.45. The minimum Gasteiger partial charge on any atom is -0.455 e. The molecule has 1 aromatic carbocycles. The first-order valence-electron chi connectivity index (χ1n) is 8.46. The fourth-order valence-electron chi connectivity index (χ4n) is 2.99. The van der Waals surface area contributed by atoms with Gasteiger partial charge in [0.05, 0.1) is 16.3 Å². The normalized spacial score (nSPS) is 11.1. The van der Waals surface area contributed by atoms with E-state index in [0.717, 1.165) is 11.2 Å². The Morgan fingerprint density at radius 2 is 2.11 bits per heavy atom. The smallest absolute Gasteiger partial charge is 0.344 e. The topological polar surface area (TPSA) is 69.6 Å². The number of aromatic nitrogens is 3. The molecule has 8 heteroatoms. The quantitative estimate of drug-likeness (QED) is 0.463. The summed E-state index contributed by atoms with van der Waals surface area (Å²) in [5, 5.41) is 3.93. The van der Waals surface area contributed by atoms with Crippen molar-refractivity contribution >= 4 is 23.2 Å². The highest BCUT2D eigenvalue weighted by Crippen LogP contribution is 2.33. The van der Waals surface area contributed by atoms with Gasteiger partial charge >= 0.3 is 5.97 Å². The highest BCUT2D eigenvalue weighted by Gasteiger charge is 2.26. The molecular formula is C20H15ClFN3O3. The molecule has 3 heterocycles. The average Bonchev–Trinajstić information content (AvgIpc) is 3.24. The molecule has 4 aromatic rings. The number of ether oxygens (including phenoxy) is 1. The summed E-state index contributed by atoms with van der Waals surface area (Å²) in [5.74, 6) is -1.09. The summed E-state index contributed by atoms with van der Waals surface area (Å²) in [6, 6.07) is 8.07. The molecule has 0 N–H and O–H groups in total. The van der Waals surface area contributed by atoms with Crippen molar-refractivity contribution in [2.45, 2.75) is 20.5 Å². The maximum absolute atomic E-state index is 14.3. The van der Waals surface area contributed by atoms with Gasteiger partial charge in [-0.3, -0.25) is 0 Å². The van der Waals surface area contributed by atoms with Crippen molar-refractivity contribution < 1.29 is 18.4 Å². The van der Waals surface area contributed by atoms with Gasteiger partial charge in [-0.15, -0.1) is 0 Å². The van der Waals surface area contributed by atoms with Gasteiger partial charge < -0.3 is 13.7 Å². The van der Waals surface area contributed by atoms with Crippen molar-refractivity contribution in [2.75, 3.05) is 0 Å². The summed E-state index contributed by atoms with van der Waals surface area (Å²) in [7, 11) is 0. The number of halogens is 2. The maximum atomic E-state index is 14.3. The van der Waals surface area contributed by atoms with E-state index < -0.39 is 11.8 Å². The summed E-state index contributed by atoms with van der Waals surface area (Å²) >= 11 is 6.10. The zero-order valence-electron chi connectivity index (χ0n) is 15.1. The van der Waals surface area contributed by atoms with Crippen LogP contribution in [0.3, 0.4) is 0 Å². The predicted molar refractivity (Wildman–Crippen MR) is 101 cm³/mol. The highest BCUT2D eigenvalue weighted by atomic mass is 35.5. The lowest BCUT2D eigenvalue weighted by atomic mass is 10.1. The lowest BCUT2D eigenvalue weighted by molar-refractivity contribution is 0.0467. The molecule has 28 heavy (non-hydrogen) atoms. The van der Waals surface area contributed by atoms with Crippen LogP contribution in [-0.4, -0.2) is 20.5 Å². The number of pyridine rings is 1. The molecule has 0 atom stereocenters. The number of carbonyl (C=O) groups excluding carboxylic acids is 1. The molecule has 0 bridgehead atoms. The van der Waals surface area contributed by atoms with E-state index >= 15 is 0 Å². The van der Waals surface area contributed by atoms with Crippen LogP contribution in [0.25, 0.3) is 16.9 Å². The molecule has 0 saturated carbocycles. The number of fused-ring (bicyclic) bond motifs is 1. The summed E-state index contributed by atoms with van der Waals surface area (Å²) in [6.07, 6.45) is 3.65. The first-order valence-corrected chi connectivity index (χ1v) is 8.84. The van der Waals surface area contributed by atoms with Crippen LogP contribution in [0.4, 0.5) is 4.39 Å². The SMILES string of the molecule is Cc1onc(-c2c(F)cccc2Cl)c1C(=O)OCc1cn2cccc(C)c2n1. The molecule has 0 unspecified atom stereocenters. The van der Waals surface area contributed by atoms with Crippen molar-refractivity contribution in [2.24, 2.45) is 0 Å². The van der Waals surface area contributed by atoms with Gasteiger partial charge in [0.15, 0.2) is 0 Å². The van der Waals surface area contributed by atoms with Crippen molar-refractivity contribution in [3.63, 3.8) is 0 Å². The summed E-state index contributed by atoms with van der Waals surface area (Å²) in [5.41, 5.74) is 2.42. The lowest BCUT2D eigenvalue weighted by Gasteiger charge is -2.06. The van der Waals surface area contributed by atoms with E-state index in [1.165, 1.54) is 18.2 Å². The molecule has 4 rings (SSSR count). The predicted octanol–water partition coefficient (Wildman–Crippen LogP) is 4.76. The zero-order valence-corrected chi connectivity index (χ0v) is 15.8. The molecule has 0 aliphatic rings. The first-order chi connectivity index (χ1) is 13.5. The Morgan fingerprint density at radius 3 is 2.86 bits per heavy atom. The lowest BCUT2D eigenvalue weighted by Crippen LogP contribution is -2.08. The molecule has 0 fully saturated rings. The Kier molecular flexibility index (Phi) is 4.60. The van der Waals surface area contributed by atoms with E-state index in [2.05, 4.69) is 10.1 Å². The Bertz CT molecular complexity index is 1180. The summed E-state index contributed by atoms with van der Waals surface area (Å²) in [4.78, 5) is 17.1. The van der Waals surface area contributed by atoms with Crippen LogP contribution < -0.4 is 0 Å². The van der Waals surface area contributed by atoms with Crippen LogP contribution in [0.2, 0.25) is 5.02 Å². The van der Waals surface area contributed by atoms with Gasteiger partial charge in [-0.1, -0.05) is 28.9 Å². The van der Waals surface area contributed by atoms with E-state index in [1.54, 1.807) is 13.1 Å². The van der Waals surface area contributed by atoms with E-state index in [-0.39, 0.29) is 34.2 Å². The van der Waals surface area contributed by atoms with Gasteiger partial charge in [0.1, 0.15) is 35.1 Å². The van der Waals surface area contributed by atoms with Gasteiger partial charge in [-0.2, -0.15) is 0 Å². The minimum absolute atomic E-state index is 0.00341. The molecule has 0 radical (unpaired) electrons. The van der Waals surface area contributed by atoms with Crippen LogP contribution in [0.1, 0.15) is 27.4 Å². The second kappa shape index (κ2) is 7.09. The van der Waals surface area contributed by atoms with Gasteiger partial charge in [0, 0.05) is 12.4 Å². The fourth-order valence-corrected chi connectivity index (χ4v) is 3.25. The molecular weight excluding hydrogens is 385 g/mol. The standard InChI is InChI=1S/C20H15ClFN3O3/c1-11-5-4-8-25-9-13(23-19(11)25)10-27-20(26)16-12(2)28-24-18(16)17-14(21)6-3-7-15(17)22/h3-9H,10H2,1-2H3. The van der Waals surface area contributed by atoms with Crippen LogP contribution in [0.15, 0.2) is 47.2 Å². The number of hydrogen-bond donors (Lipinski definition) is 0. The monoisotopic (exact) mass is 399 g/mol. The number of nitrogens with zero attached hydrogens (tertiary/aromatic N) is 3.